The van der Waals surface area contributed by atoms with Crippen LogP contribution >= 0.6 is 0 Å². The standard InChI is InChI=1S/C17H21N3O/c1-2-5-17(21)20-12-10-19(11-13-20)16-8-3-7-15-14(16)6-4-9-18-15/h3-4,6-9H,2,5,10-13H2,1H3. The normalized spacial score (nSPS) is 15.5. The Morgan fingerprint density at radius 3 is 2.71 bits per heavy atom. The highest BCUT2D eigenvalue weighted by atomic mass is 16.2. The van der Waals surface area contributed by atoms with Crippen molar-refractivity contribution in [1.82, 2.24) is 9.88 Å². The summed E-state index contributed by atoms with van der Waals surface area (Å²) in [6.45, 7) is 5.47. The predicted molar refractivity (Wildman–Crippen MR) is 85.4 cm³/mol. The van der Waals surface area contributed by atoms with Gasteiger partial charge in [-0.2, -0.15) is 0 Å². The van der Waals surface area contributed by atoms with Gasteiger partial charge < -0.3 is 9.80 Å². The quantitative estimate of drug-likeness (QED) is 0.869. The zero-order valence-corrected chi connectivity index (χ0v) is 12.5. The number of carbonyl (C=O) groups is 1. The molecule has 0 unspecified atom stereocenters. The Labute approximate surface area is 125 Å². The zero-order valence-electron chi connectivity index (χ0n) is 12.5. The molecule has 1 aliphatic rings. The largest absolute Gasteiger partial charge is 0.367 e. The van der Waals surface area contributed by atoms with Crippen LogP contribution in [-0.4, -0.2) is 42.0 Å². The Morgan fingerprint density at radius 1 is 1.14 bits per heavy atom. The molecule has 2 heterocycles. The van der Waals surface area contributed by atoms with Crippen LogP contribution in [0.5, 0.6) is 0 Å². The van der Waals surface area contributed by atoms with Crippen molar-refractivity contribution >= 4 is 22.5 Å². The molecule has 4 heteroatoms. The molecule has 21 heavy (non-hydrogen) atoms. The molecule has 0 N–H and O–H groups in total. The summed E-state index contributed by atoms with van der Waals surface area (Å²) in [4.78, 5) is 20.7. The summed E-state index contributed by atoms with van der Waals surface area (Å²) in [7, 11) is 0. The van der Waals surface area contributed by atoms with Gasteiger partial charge in [0.05, 0.1) is 5.52 Å². The van der Waals surface area contributed by atoms with Gasteiger partial charge in [-0.15, -0.1) is 0 Å². The van der Waals surface area contributed by atoms with E-state index in [2.05, 4.69) is 35.0 Å². The molecule has 1 aromatic carbocycles. The first-order chi connectivity index (χ1) is 10.3. The number of rotatable bonds is 3. The molecule has 1 aromatic heterocycles. The van der Waals surface area contributed by atoms with Gasteiger partial charge in [0.15, 0.2) is 0 Å². The molecule has 2 aromatic rings. The summed E-state index contributed by atoms with van der Waals surface area (Å²) in [6.07, 6.45) is 3.42. The molecule has 110 valence electrons. The molecule has 1 amide bonds. The molecule has 0 aliphatic carbocycles. The average Bonchev–Trinajstić information content (AvgIpc) is 2.55. The first-order valence-corrected chi connectivity index (χ1v) is 7.66. The smallest absolute Gasteiger partial charge is 0.222 e. The first-order valence-electron chi connectivity index (χ1n) is 7.66. The Kier molecular flexibility index (Phi) is 4.04. The summed E-state index contributed by atoms with van der Waals surface area (Å²) >= 11 is 0. The first kappa shape index (κ1) is 13.9. The molecule has 0 atom stereocenters. The van der Waals surface area contributed by atoms with Crippen LogP contribution in [0.25, 0.3) is 10.9 Å². The fraction of sp³-hybridized carbons (Fsp3) is 0.412. The van der Waals surface area contributed by atoms with E-state index < -0.39 is 0 Å². The lowest BCUT2D eigenvalue weighted by molar-refractivity contribution is -0.131. The number of nitrogens with zero attached hydrogens (tertiary/aromatic N) is 3. The van der Waals surface area contributed by atoms with Crippen molar-refractivity contribution in [2.45, 2.75) is 19.8 Å². The van der Waals surface area contributed by atoms with Gasteiger partial charge in [-0.3, -0.25) is 9.78 Å². The fourth-order valence-electron chi connectivity index (χ4n) is 2.93. The molecule has 0 spiro atoms. The SMILES string of the molecule is CCCC(=O)N1CCN(c2cccc3ncccc23)CC1. The number of anilines is 1. The highest BCUT2D eigenvalue weighted by molar-refractivity contribution is 5.91. The van der Waals surface area contributed by atoms with Gasteiger partial charge in [-0.1, -0.05) is 13.0 Å². The third kappa shape index (κ3) is 2.84. The van der Waals surface area contributed by atoms with Crippen molar-refractivity contribution in [2.75, 3.05) is 31.1 Å². The molecule has 0 bridgehead atoms. The van der Waals surface area contributed by atoms with Crippen molar-refractivity contribution in [3.05, 3.63) is 36.5 Å². The number of amides is 1. The summed E-state index contributed by atoms with van der Waals surface area (Å²) in [6, 6.07) is 10.3. The third-order valence-electron chi connectivity index (χ3n) is 4.06. The summed E-state index contributed by atoms with van der Waals surface area (Å²) in [5.41, 5.74) is 2.25. The number of hydrogen-bond acceptors (Lipinski definition) is 3. The Hall–Kier alpha value is -2.10. The molecule has 3 rings (SSSR count). The molecule has 1 fully saturated rings. The van der Waals surface area contributed by atoms with Crippen LogP contribution < -0.4 is 4.90 Å². The maximum Gasteiger partial charge on any atom is 0.222 e. The van der Waals surface area contributed by atoms with Gasteiger partial charge in [-0.05, 0) is 30.7 Å². The molecule has 0 saturated carbocycles. The number of aromatic nitrogens is 1. The second kappa shape index (κ2) is 6.12. The van der Waals surface area contributed by atoms with Crippen molar-refractivity contribution in [1.29, 1.82) is 0 Å². The minimum Gasteiger partial charge on any atom is -0.367 e. The molecule has 4 nitrogen and oxygen atoms in total. The Morgan fingerprint density at radius 2 is 1.95 bits per heavy atom. The molecule has 1 saturated heterocycles. The van der Waals surface area contributed by atoms with Crippen molar-refractivity contribution in [3.8, 4) is 0 Å². The van der Waals surface area contributed by atoms with Gasteiger partial charge in [0.1, 0.15) is 0 Å². The van der Waals surface area contributed by atoms with Gasteiger partial charge in [-0.25, -0.2) is 0 Å². The number of hydrogen-bond donors (Lipinski definition) is 0. The van der Waals surface area contributed by atoms with Gasteiger partial charge in [0.2, 0.25) is 5.91 Å². The van der Waals surface area contributed by atoms with E-state index in [0.29, 0.717) is 6.42 Å². The van der Waals surface area contributed by atoms with Gasteiger partial charge in [0, 0.05) is 49.9 Å². The summed E-state index contributed by atoms with van der Waals surface area (Å²) in [5, 5.41) is 1.19. The number of fused-ring (bicyclic) bond motifs is 1. The van der Waals surface area contributed by atoms with Crippen LogP contribution in [-0.2, 0) is 4.79 Å². The molecule has 0 radical (unpaired) electrons. The number of carbonyl (C=O) groups excluding carboxylic acids is 1. The lowest BCUT2D eigenvalue weighted by atomic mass is 10.1. The molecular weight excluding hydrogens is 262 g/mol. The van der Waals surface area contributed by atoms with Crippen LogP contribution in [0.15, 0.2) is 36.5 Å². The van der Waals surface area contributed by atoms with Crippen LogP contribution in [0, 0.1) is 0 Å². The maximum absolute atomic E-state index is 12.0. The van der Waals surface area contributed by atoms with Crippen LogP contribution in [0.4, 0.5) is 5.69 Å². The number of pyridine rings is 1. The number of benzene rings is 1. The monoisotopic (exact) mass is 283 g/mol. The second-order valence-corrected chi connectivity index (χ2v) is 5.47. The highest BCUT2D eigenvalue weighted by Gasteiger charge is 2.21. The molecule has 1 aliphatic heterocycles. The van der Waals surface area contributed by atoms with E-state index >= 15 is 0 Å². The summed E-state index contributed by atoms with van der Waals surface area (Å²) < 4.78 is 0. The minimum atomic E-state index is 0.289. The lowest BCUT2D eigenvalue weighted by Crippen LogP contribution is -2.48. The van der Waals surface area contributed by atoms with E-state index in [4.69, 9.17) is 0 Å². The van der Waals surface area contributed by atoms with E-state index in [1.807, 2.05) is 23.2 Å². The average molecular weight is 283 g/mol. The van der Waals surface area contributed by atoms with E-state index in [0.717, 1.165) is 38.1 Å². The van der Waals surface area contributed by atoms with Crippen LogP contribution in [0.3, 0.4) is 0 Å². The second-order valence-electron chi connectivity index (χ2n) is 5.47. The highest BCUT2D eigenvalue weighted by Crippen LogP contribution is 2.26. The van der Waals surface area contributed by atoms with Gasteiger partial charge >= 0.3 is 0 Å². The van der Waals surface area contributed by atoms with E-state index in [-0.39, 0.29) is 5.91 Å². The number of piperazine rings is 1. The lowest BCUT2D eigenvalue weighted by Gasteiger charge is -2.36. The Balaban J connectivity index is 1.76. The third-order valence-corrected chi connectivity index (χ3v) is 4.06. The topological polar surface area (TPSA) is 36.4 Å². The van der Waals surface area contributed by atoms with Crippen molar-refractivity contribution < 1.29 is 4.79 Å². The van der Waals surface area contributed by atoms with Gasteiger partial charge in [0.25, 0.3) is 0 Å². The minimum absolute atomic E-state index is 0.289. The van der Waals surface area contributed by atoms with E-state index in [9.17, 15) is 4.79 Å². The Bertz CT molecular complexity index is 627. The van der Waals surface area contributed by atoms with E-state index in [1.54, 1.807) is 0 Å². The fourth-order valence-corrected chi connectivity index (χ4v) is 2.93. The summed E-state index contributed by atoms with van der Waals surface area (Å²) in [5.74, 6) is 0.289. The van der Waals surface area contributed by atoms with Crippen molar-refractivity contribution in [2.24, 2.45) is 0 Å². The molecular formula is C17H21N3O. The zero-order chi connectivity index (χ0) is 14.7. The van der Waals surface area contributed by atoms with E-state index in [1.165, 1.54) is 11.1 Å². The van der Waals surface area contributed by atoms with Crippen molar-refractivity contribution in [3.63, 3.8) is 0 Å². The predicted octanol–water partition coefficient (Wildman–Crippen LogP) is 2.68. The maximum atomic E-state index is 12.0. The van der Waals surface area contributed by atoms with Crippen LogP contribution in [0.1, 0.15) is 19.8 Å². The van der Waals surface area contributed by atoms with Crippen LogP contribution in [0.2, 0.25) is 0 Å².